The van der Waals surface area contributed by atoms with Crippen LogP contribution >= 0.6 is 0 Å². The van der Waals surface area contributed by atoms with Crippen LogP contribution in [0.15, 0.2) is 0 Å². The van der Waals surface area contributed by atoms with Gasteiger partial charge in [-0.1, -0.05) is 0 Å². The third-order valence-electron chi connectivity index (χ3n) is 1.08. The first-order valence-electron chi connectivity index (χ1n) is 3.13. The summed E-state index contributed by atoms with van der Waals surface area (Å²) in [4.78, 5) is 0. The van der Waals surface area contributed by atoms with Crippen molar-refractivity contribution < 1.29 is 15.3 Å². The van der Waals surface area contributed by atoms with E-state index in [1.807, 2.05) is 0 Å². The lowest BCUT2D eigenvalue weighted by Crippen LogP contribution is -2.15. The van der Waals surface area contributed by atoms with Crippen LogP contribution in [0, 0.1) is 0 Å². The molecule has 0 radical (unpaired) electrons. The zero-order valence-corrected chi connectivity index (χ0v) is 5.62. The zero-order chi connectivity index (χ0) is 7.28. The van der Waals surface area contributed by atoms with E-state index in [0.29, 0.717) is 12.8 Å². The molecule has 2 atom stereocenters. The van der Waals surface area contributed by atoms with Crippen molar-refractivity contribution in [2.24, 2.45) is 0 Å². The molecule has 0 aromatic rings. The lowest BCUT2D eigenvalue weighted by Gasteiger charge is -2.09. The highest BCUT2D eigenvalue weighted by molar-refractivity contribution is 4.57. The monoisotopic (exact) mass is 134 g/mol. The highest BCUT2D eigenvalue weighted by atomic mass is 16.3. The van der Waals surface area contributed by atoms with Gasteiger partial charge in [0, 0.05) is 6.61 Å². The maximum absolute atomic E-state index is 8.90. The van der Waals surface area contributed by atoms with Gasteiger partial charge in [-0.3, -0.25) is 0 Å². The summed E-state index contributed by atoms with van der Waals surface area (Å²) >= 11 is 0. The Hall–Kier alpha value is -0.120. The van der Waals surface area contributed by atoms with Crippen molar-refractivity contribution in [2.75, 3.05) is 6.61 Å². The maximum Gasteiger partial charge on any atom is 0.0586 e. The molecular weight excluding hydrogens is 120 g/mol. The predicted octanol–water partition coefficient (Wildman–Crippen LogP) is -0.499. The smallest absolute Gasteiger partial charge is 0.0586 e. The molecule has 3 N–H and O–H groups in total. The molecule has 0 fully saturated rings. The van der Waals surface area contributed by atoms with Gasteiger partial charge in [0.2, 0.25) is 0 Å². The van der Waals surface area contributed by atoms with Crippen molar-refractivity contribution in [3.05, 3.63) is 0 Å². The van der Waals surface area contributed by atoms with Crippen LogP contribution in [0.3, 0.4) is 0 Å². The first kappa shape index (κ1) is 8.88. The third-order valence-corrected chi connectivity index (χ3v) is 1.08. The summed E-state index contributed by atoms with van der Waals surface area (Å²) in [5.74, 6) is 0. The molecule has 0 amide bonds. The summed E-state index contributed by atoms with van der Waals surface area (Å²) in [5, 5.41) is 25.9. The molecular formula is C6H14O3. The highest BCUT2D eigenvalue weighted by Gasteiger charge is 2.05. The van der Waals surface area contributed by atoms with E-state index in [-0.39, 0.29) is 6.61 Å². The average Bonchev–Trinajstić information content (AvgIpc) is 1.63. The van der Waals surface area contributed by atoms with Crippen molar-refractivity contribution in [2.45, 2.75) is 32.0 Å². The van der Waals surface area contributed by atoms with Crippen molar-refractivity contribution in [1.82, 2.24) is 0 Å². The summed E-state index contributed by atoms with van der Waals surface area (Å²) in [7, 11) is 0. The summed E-state index contributed by atoms with van der Waals surface area (Å²) in [6, 6.07) is 0. The predicted molar refractivity (Wildman–Crippen MR) is 34.0 cm³/mol. The van der Waals surface area contributed by atoms with Crippen LogP contribution < -0.4 is 0 Å². The van der Waals surface area contributed by atoms with E-state index in [1.54, 1.807) is 6.92 Å². The molecule has 3 nitrogen and oxygen atoms in total. The largest absolute Gasteiger partial charge is 0.396 e. The summed E-state index contributed by atoms with van der Waals surface area (Å²) in [6.07, 6.45) is -0.340. The molecule has 0 unspecified atom stereocenters. The molecule has 0 saturated carbocycles. The van der Waals surface area contributed by atoms with E-state index in [1.165, 1.54) is 0 Å². The van der Waals surface area contributed by atoms with Crippen LogP contribution in [0.4, 0.5) is 0 Å². The summed E-state index contributed by atoms with van der Waals surface area (Å²) in [5.41, 5.74) is 0. The Morgan fingerprint density at radius 1 is 1.33 bits per heavy atom. The molecule has 0 aliphatic rings. The first-order chi connectivity index (χ1) is 4.16. The quantitative estimate of drug-likeness (QED) is 0.486. The lowest BCUT2D eigenvalue weighted by molar-refractivity contribution is 0.0722. The number of aliphatic hydroxyl groups is 3. The molecule has 0 saturated heterocycles. The minimum Gasteiger partial charge on any atom is -0.396 e. The standard InChI is InChI=1S/C6H14O3/c1-5(8)4-6(9)2-3-7/h5-9H,2-4H2,1H3/t5-,6-/m1/s1. The van der Waals surface area contributed by atoms with Gasteiger partial charge in [0.15, 0.2) is 0 Å². The molecule has 0 aliphatic carbocycles. The van der Waals surface area contributed by atoms with Gasteiger partial charge in [0.1, 0.15) is 0 Å². The molecule has 0 bridgehead atoms. The third kappa shape index (κ3) is 5.76. The Morgan fingerprint density at radius 3 is 2.22 bits per heavy atom. The second kappa shape index (κ2) is 4.73. The van der Waals surface area contributed by atoms with Gasteiger partial charge in [0.25, 0.3) is 0 Å². The molecule has 56 valence electrons. The van der Waals surface area contributed by atoms with Gasteiger partial charge in [-0.2, -0.15) is 0 Å². The van der Waals surface area contributed by atoms with Crippen LogP contribution in [-0.4, -0.2) is 34.1 Å². The molecule has 0 heterocycles. The van der Waals surface area contributed by atoms with Crippen LogP contribution in [0.2, 0.25) is 0 Å². The van der Waals surface area contributed by atoms with E-state index in [0.717, 1.165) is 0 Å². The maximum atomic E-state index is 8.90. The molecule has 0 aromatic heterocycles. The van der Waals surface area contributed by atoms with Gasteiger partial charge >= 0.3 is 0 Å². The Balaban J connectivity index is 3.15. The average molecular weight is 134 g/mol. The number of hydrogen-bond acceptors (Lipinski definition) is 3. The molecule has 0 aliphatic heterocycles. The molecule has 9 heavy (non-hydrogen) atoms. The van der Waals surface area contributed by atoms with Crippen molar-refractivity contribution in [1.29, 1.82) is 0 Å². The van der Waals surface area contributed by atoms with Gasteiger partial charge in [0.05, 0.1) is 12.2 Å². The van der Waals surface area contributed by atoms with Crippen LogP contribution in [0.1, 0.15) is 19.8 Å². The van der Waals surface area contributed by atoms with Gasteiger partial charge < -0.3 is 15.3 Å². The SMILES string of the molecule is C[C@@H](O)C[C@H](O)CCO. The number of rotatable bonds is 4. The van der Waals surface area contributed by atoms with E-state index >= 15 is 0 Å². The first-order valence-corrected chi connectivity index (χ1v) is 3.13. The zero-order valence-electron chi connectivity index (χ0n) is 5.62. The molecule has 3 heteroatoms. The molecule has 0 aromatic carbocycles. The Bertz CT molecular complexity index is 63.3. The Morgan fingerprint density at radius 2 is 1.89 bits per heavy atom. The number of hydrogen-bond donors (Lipinski definition) is 3. The van der Waals surface area contributed by atoms with Crippen LogP contribution in [-0.2, 0) is 0 Å². The van der Waals surface area contributed by atoms with Gasteiger partial charge in [-0.25, -0.2) is 0 Å². The van der Waals surface area contributed by atoms with E-state index < -0.39 is 12.2 Å². The summed E-state index contributed by atoms with van der Waals surface area (Å²) < 4.78 is 0. The Labute approximate surface area is 54.9 Å². The van der Waals surface area contributed by atoms with E-state index in [9.17, 15) is 0 Å². The number of aliphatic hydroxyl groups excluding tert-OH is 3. The topological polar surface area (TPSA) is 60.7 Å². The summed E-state index contributed by atoms with van der Waals surface area (Å²) in [6.45, 7) is 1.59. The fourth-order valence-electron chi connectivity index (χ4n) is 0.661. The highest BCUT2D eigenvalue weighted by Crippen LogP contribution is 2.00. The Kier molecular flexibility index (Phi) is 4.67. The second-order valence-electron chi connectivity index (χ2n) is 2.25. The van der Waals surface area contributed by atoms with Crippen molar-refractivity contribution in [3.63, 3.8) is 0 Å². The molecule has 0 rings (SSSR count). The fraction of sp³-hybridized carbons (Fsp3) is 1.00. The van der Waals surface area contributed by atoms with Gasteiger partial charge in [-0.15, -0.1) is 0 Å². The second-order valence-corrected chi connectivity index (χ2v) is 2.25. The normalized spacial score (nSPS) is 17.3. The molecule has 0 spiro atoms. The lowest BCUT2D eigenvalue weighted by atomic mass is 10.1. The van der Waals surface area contributed by atoms with E-state index in [2.05, 4.69) is 0 Å². The van der Waals surface area contributed by atoms with Gasteiger partial charge in [-0.05, 0) is 19.8 Å². The van der Waals surface area contributed by atoms with Crippen LogP contribution in [0.5, 0.6) is 0 Å². The van der Waals surface area contributed by atoms with E-state index in [4.69, 9.17) is 15.3 Å². The van der Waals surface area contributed by atoms with Crippen LogP contribution in [0.25, 0.3) is 0 Å². The fourth-order valence-corrected chi connectivity index (χ4v) is 0.661. The van der Waals surface area contributed by atoms with Crippen molar-refractivity contribution in [3.8, 4) is 0 Å². The van der Waals surface area contributed by atoms with Crippen molar-refractivity contribution >= 4 is 0 Å². The minimum absolute atomic E-state index is 0.0200. The minimum atomic E-state index is -0.560.